The number of rotatable bonds is 5. The van der Waals surface area contributed by atoms with Gasteiger partial charge in [-0.05, 0) is 27.2 Å². The summed E-state index contributed by atoms with van der Waals surface area (Å²) in [6.45, 7) is 7.16. The lowest BCUT2D eigenvalue weighted by atomic mass is 10.3. The first-order chi connectivity index (χ1) is 8.85. The minimum absolute atomic E-state index is 0.192. The molecule has 0 unspecified atom stereocenters. The summed E-state index contributed by atoms with van der Waals surface area (Å²) in [7, 11) is 0. The molecular formula is C12H19N3O3S. The van der Waals surface area contributed by atoms with Crippen molar-refractivity contribution in [3.63, 3.8) is 0 Å². The number of hydrogen-bond acceptors (Lipinski definition) is 4. The van der Waals surface area contributed by atoms with Gasteiger partial charge >= 0.3 is 12.0 Å². The third kappa shape index (κ3) is 4.20. The van der Waals surface area contributed by atoms with Crippen LogP contribution in [0.1, 0.15) is 31.3 Å². The van der Waals surface area contributed by atoms with Crippen molar-refractivity contribution in [2.24, 2.45) is 0 Å². The van der Waals surface area contributed by atoms with E-state index in [2.05, 4.69) is 10.3 Å². The van der Waals surface area contributed by atoms with Crippen molar-refractivity contribution in [1.29, 1.82) is 0 Å². The lowest BCUT2D eigenvalue weighted by Gasteiger charge is -2.24. The van der Waals surface area contributed by atoms with Crippen LogP contribution in [0.3, 0.4) is 0 Å². The molecule has 0 bridgehead atoms. The van der Waals surface area contributed by atoms with Crippen LogP contribution in [0.25, 0.3) is 0 Å². The molecule has 0 atom stereocenters. The zero-order chi connectivity index (χ0) is 14.6. The molecule has 7 heteroatoms. The summed E-state index contributed by atoms with van der Waals surface area (Å²) in [6, 6.07) is -0.628. The second-order valence-electron chi connectivity index (χ2n) is 4.42. The third-order valence-corrected chi connectivity index (χ3v) is 3.56. The van der Waals surface area contributed by atoms with E-state index in [1.165, 1.54) is 16.2 Å². The summed E-state index contributed by atoms with van der Waals surface area (Å²) in [5, 5.41) is 12.0. The lowest BCUT2D eigenvalue weighted by molar-refractivity contribution is -0.137. The van der Waals surface area contributed by atoms with Crippen LogP contribution in [0.5, 0.6) is 0 Å². The third-order valence-electron chi connectivity index (χ3n) is 2.63. The Morgan fingerprint density at radius 2 is 2.11 bits per heavy atom. The van der Waals surface area contributed by atoms with Gasteiger partial charge in [0, 0.05) is 10.9 Å². The van der Waals surface area contributed by atoms with E-state index in [-0.39, 0.29) is 12.6 Å². The van der Waals surface area contributed by atoms with Gasteiger partial charge in [-0.2, -0.15) is 0 Å². The lowest BCUT2D eigenvalue weighted by Crippen LogP contribution is -2.43. The van der Waals surface area contributed by atoms with E-state index < -0.39 is 12.0 Å². The highest BCUT2D eigenvalue weighted by Crippen LogP contribution is 2.22. The van der Waals surface area contributed by atoms with Crippen LogP contribution in [0.2, 0.25) is 0 Å². The number of nitrogens with one attached hydrogen (secondary N) is 1. The van der Waals surface area contributed by atoms with Crippen LogP contribution in [0.4, 0.5) is 9.93 Å². The van der Waals surface area contributed by atoms with Crippen molar-refractivity contribution in [3.05, 3.63) is 10.6 Å². The molecule has 0 aliphatic heterocycles. The average Bonchev–Trinajstić information content (AvgIpc) is 2.65. The van der Waals surface area contributed by atoms with Crippen LogP contribution in [-0.2, 0) is 11.2 Å². The van der Waals surface area contributed by atoms with Gasteiger partial charge in [-0.15, -0.1) is 11.3 Å². The summed E-state index contributed by atoms with van der Waals surface area (Å²) < 4.78 is 0. The highest BCUT2D eigenvalue weighted by Gasteiger charge is 2.21. The van der Waals surface area contributed by atoms with Crippen LogP contribution >= 0.6 is 11.3 Å². The van der Waals surface area contributed by atoms with Crippen molar-refractivity contribution in [2.45, 2.75) is 40.2 Å². The van der Waals surface area contributed by atoms with Crippen molar-refractivity contribution < 1.29 is 14.7 Å². The molecule has 0 radical (unpaired) electrons. The Morgan fingerprint density at radius 1 is 1.47 bits per heavy atom. The van der Waals surface area contributed by atoms with Crippen LogP contribution in [0, 0.1) is 6.92 Å². The number of carboxylic acid groups (broad SMARTS) is 1. The van der Waals surface area contributed by atoms with E-state index in [9.17, 15) is 9.59 Å². The molecule has 0 fully saturated rings. The monoisotopic (exact) mass is 285 g/mol. The number of urea groups is 1. The molecule has 0 saturated heterocycles. The van der Waals surface area contributed by atoms with E-state index >= 15 is 0 Å². The molecule has 0 aliphatic rings. The Morgan fingerprint density at radius 3 is 2.53 bits per heavy atom. The Labute approximate surface area is 116 Å². The summed E-state index contributed by atoms with van der Waals surface area (Å²) in [4.78, 5) is 29.4. The van der Waals surface area contributed by atoms with Crippen molar-refractivity contribution in [2.75, 3.05) is 11.9 Å². The minimum Gasteiger partial charge on any atom is -0.480 e. The van der Waals surface area contributed by atoms with Gasteiger partial charge in [-0.1, -0.05) is 6.92 Å². The fourth-order valence-electron chi connectivity index (χ4n) is 1.61. The maximum absolute atomic E-state index is 12.0. The number of anilines is 1. The molecule has 0 aromatic carbocycles. The first-order valence-electron chi connectivity index (χ1n) is 6.10. The van der Waals surface area contributed by atoms with Crippen molar-refractivity contribution in [1.82, 2.24) is 9.88 Å². The number of aliphatic carboxylic acids is 1. The molecule has 1 rings (SSSR count). The predicted octanol–water partition coefficient (Wildman–Crippen LogP) is 2.34. The number of aryl methyl sites for hydroxylation is 2. The summed E-state index contributed by atoms with van der Waals surface area (Å²) >= 11 is 1.40. The van der Waals surface area contributed by atoms with Crippen LogP contribution < -0.4 is 5.32 Å². The molecule has 1 heterocycles. The van der Waals surface area contributed by atoms with Gasteiger partial charge in [-0.3, -0.25) is 10.1 Å². The molecule has 0 spiro atoms. The minimum atomic E-state index is -1.03. The second kappa shape index (κ2) is 6.51. The average molecular weight is 285 g/mol. The number of carbonyl (C=O) groups excluding carboxylic acids is 1. The predicted molar refractivity (Wildman–Crippen MR) is 74.7 cm³/mol. The Hall–Kier alpha value is -1.63. The summed E-state index contributed by atoms with van der Waals surface area (Å²) in [6.07, 6.45) is 0.807. The smallest absolute Gasteiger partial charge is 0.324 e. The maximum Gasteiger partial charge on any atom is 0.324 e. The van der Waals surface area contributed by atoms with Crippen molar-refractivity contribution >= 4 is 28.5 Å². The number of nitrogens with zero attached hydrogens (tertiary/aromatic N) is 2. The van der Waals surface area contributed by atoms with E-state index in [0.717, 1.165) is 17.0 Å². The van der Waals surface area contributed by atoms with Crippen LogP contribution in [-0.4, -0.2) is 39.6 Å². The van der Waals surface area contributed by atoms with E-state index in [4.69, 9.17) is 5.11 Å². The Balaban J connectivity index is 2.78. The van der Waals surface area contributed by atoms with Gasteiger partial charge < -0.3 is 10.0 Å². The topological polar surface area (TPSA) is 82.5 Å². The first-order valence-corrected chi connectivity index (χ1v) is 6.92. The van der Waals surface area contributed by atoms with Gasteiger partial charge in [0.25, 0.3) is 0 Å². The fraction of sp³-hybridized carbons (Fsp3) is 0.583. The van der Waals surface area contributed by atoms with Crippen molar-refractivity contribution in [3.8, 4) is 0 Å². The number of aromatic nitrogens is 1. The van der Waals surface area contributed by atoms with Gasteiger partial charge in [-0.25, -0.2) is 9.78 Å². The largest absolute Gasteiger partial charge is 0.480 e. The first kappa shape index (κ1) is 15.4. The Bertz CT molecular complexity index is 471. The highest BCUT2D eigenvalue weighted by molar-refractivity contribution is 7.15. The number of thiazole rings is 1. The van der Waals surface area contributed by atoms with E-state index in [1.54, 1.807) is 13.8 Å². The fourth-order valence-corrected chi connectivity index (χ4v) is 2.50. The number of carboxylic acids is 1. The summed E-state index contributed by atoms with van der Waals surface area (Å²) in [5.41, 5.74) is 0.953. The van der Waals surface area contributed by atoms with Crippen LogP contribution in [0.15, 0.2) is 0 Å². The number of carbonyl (C=O) groups is 2. The standard InChI is InChI=1S/C12H19N3O3S/c1-5-9-8(4)19-11(13-9)14-12(18)15(7(2)3)6-10(16)17/h7H,5-6H2,1-4H3,(H,16,17)(H,13,14,18). The summed E-state index contributed by atoms with van der Waals surface area (Å²) in [5.74, 6) is -1.03. The van der Waals surface area contributed by atoms with E-state index in [0.29, 0.717) is 5.13 Å². The molecule has 106 valence electrons. The van der Waals surface area contributed by atoms with Gasteiger partial charge in [0.15, 0.2) is 5.13 Å². The molecule has 1 aromatic rings. The number of amides is 2. The zero-order valence-electron chi connectivity index (χ0n) is 11.6. The zero-order valence-corrected chi connectivity index (χ0v) is 12.4. The molecule has 6 nitrogen and oxygen atoms in total. The van der Waals surface area contributed by atoms with Gasteiger partial charge in [0.05, 0.1) is 5.69 Å². The number of hydrogen-bond donors (Lipinski definition) is 2. The Kier molecular flexibility index (Phi) is 5.29. The quantitative estimate of drug-likeness (QED) is 0.870. The van der Waals surface area contributed by atoms with E-state index in [1.807, 2.05) is 13.8 Å². The SMILES string of the molecule is CCc1nc(NC(=O)N(CC(=O)O)C(C)C)sc1C. The molecule has 0 aliphatic carbocycles. The molecular weight excluding hydrogens is 266 g/mol. The molecule has 19 heavy (non-hydrogen) atoms. The maximum atomic E-state index is 12.0. The molecule has 2 N–H and O–H groups in total. The molecule has 0 saturated carbocycles. The van der Waals surface area contributed by atoms with Gasteiger partial charge in [0.1, 0.15) is 6.54 Å². The second-order valence-corrected chi connectivity index (χ2v) is 5.62. The van der Waals surface area contributed by atoms with Gasteiger partial charge in [0.2, 0.25) is 0 Å². The normalized spacial score (nSPS) is 10.6. The molecule has 2 amide bonds. The highest BCUT2D eigenvalue weighted by atomic mass is 32.1. The molecule has 1 aromatic heterocycles.